The first-order chi connectivity index (χ1) is 9.72. The van der Waals surface area contributed by atoms with E-state index < -0.39 is 0 Å². The zero-order valence-corrected chi connectivity index (χ0v) is 11.5. The van der Waals surface area contributed by atoms with Crippen LogP contribution in [0.3, 0.4) is 0 Å². The molecule has 0 spiro atoms. The molecular weight excluding hydrogens is 272 g/mol. The predicted octanol–water partition coefficient (Wildman–Crippen LogP) is 4.05. The van der Waals surface area contributed by atoms with Gasteiger partial charge < -0.3 is 10.5 Å². The molecule has 3 aromatic rings. The van der Waals surface area contributed by atoms with Crippen molar-refractivity contribution in [2.45, 2.75) is 6.61 Å². The number of rotatable bonds is 3. The van der Waals surface area contributed by atoms with Gasteiger partial charge in [-0.1, -0.05) is 23.7 Å². The maximum absolute atomic E-state index is 6.07. The van der Waals surface area contributed by atoms with E-state index in [-0.39, 0.29) is 0 Å². The van der Waals surface area contributed by atoms with Crippen molar-refractivity contribution in [1.29, 1.82) is 0 Å². The summed E-state index contributed by atoms with van der Waals surface area (Å²) < 4.78 is 5.72. The average molecular weight is 285 g/mol. The molecule has 2 N–H and O–H groups in total. The molecule has 20 heavy (non-hydrogen) atoms. The van der Waals surface area contributed by atoms with Crippen LogP contribution in [0, 0.1) is 0 Å². The summed E-state index contributed by atoms with van der Waals surface area (Å²) >= 11 is 6.07. The number of fused-ring (bicyclic) bond motifs is 1. The minimum absolute atomic E-state index is 0.438. The summed E-state index contributed by atoms with van der Waals surface area (Å²) in [7, 11) is 0. The third-order valence-electron chi connectivity index (χ3n) is 3.02. The van der Waals surface area contributed by atoms with E-state index in [0.29, 0.717) is 23.1 Å². The Hall–Kier alpha value is -2.26. The van der Waals surface area contributed by atoms with Crippen molar-refractivity contribution in [3.63, 3.8) is 0 Å². The molecule has 0 fully saturated rings. The number of pyridine rings is 1. The fourth-order valence-electron chi connectivity index (χ4n) is 2.01. The Kier molecular flexibility index (Phi) is 3.44. The molecule has 4 heteroatoms. The Balaban J connectivity index is 1.81. The van der Waals surface area contributed by atoms with Crippen LogP contribution in [-0.4, -0.2) is 4.98 Å². The lowest BCUT2D eigenvalue weighted by Crippen LogP contribution is -1.97. The molecule has 1 aromatic heterocycles. The van der Waals surface area contributed by atoms with Gasteiger partial charge in [-0.25, -0.2) is 0 Å². The van der Waals surface area contributed by atoms with Crippen LogP contribution in [0.4, 0.5) is 5.69 Å². The number of ether oxygens (including phenoxy) is 1. The lowest BCUT2D eigenvalue weighted by Gasteiger charge is -2.09. The van der Waals surface area contributed by atoms with E-state index in [1.165, 1.54) is 0 Å². The van der Waals surface area contributed by atoms with Crippen LogP contribution in [0.5, 0.6) is 5.75 Å². The number of nitrogens with zero attached hydrogens (tertiary/aromatic N) is 1. The highest BCUT2D eigenvalue weighted by molar-refractivity contribution is 6.32. The molecule has 0 saturated heterocycles. The van der Waals surface area contributed by atoms with E-state index in [4.69, 9.17) is 22.1 Å². The highest BCUT2D eigenvalue weighted by atomic mass is 35.5. The molecule has 0 atom stereocenters. The summed E-state index contributed by atoms with van der Waals surface area (Å²) in [6, 6.07) is 15.2. The first kappa shape index (κ1) is 12.8. The number of anilines is 1. The van der Waals surface area contributed by atoms with Crippen LogP contribution in [0.25, 0.3) is 10.9 Å². The van der Waals surface area contributed by atoms with Crippen LogP contribution < -0.4 is 10.5 Å². The molecule has 0 amide bonds. The monoisotopic (exact) mass is 284 g/mol. The van der Waals surface area contributed by atoms with Gasteiger partial charge in [-0.2, -0.15) is 0 Å². The van der Waals surface area contributed by atoms with Gasteiger partial charge in [0.25, 0.3) is 0 Å². The molecule has 3 nitrogen and oxygen atoms in total. The standard InChI is InChI=1S/C16H13ClN2O/c17-14-5-4-13(18)9-16(14)20-10-11-3-6-15-12(8-11)2-1-7-19-15/h1-9H,10,18H2. The minimum Gasteiger partial charge on any atom is -0.487 e. The molecule has 0 bridgehead atoms. The van der Waals surface area contributed by atoms with Crippen LogP contribution in [0.15, 0.2) is 54.7 Å². The van der Waals surface area contributed by atoms with Gasteiger partial charge in [0.15, 0.2) is 0 Å². The molecule has 0 aliphatic heterocycles. The van der Waals surface area contributed by atoms with Gasteiger partial charge in [0.1, 0.15) is 12.4 Å². The molecule has 0 aliphatic carbocycles. The lowest BCUT2D eigenvalue weighted by atomic mass is 10.1. The highest BCUT2D eigenvalue weighted by Gasteiger charge is 2.03. The van der Waals surface area contributed by atoms with E-state index >= 15 is 0 Å². The molecule has 2 aromatic carbocycles. The van der Waals surface area contributed by atoms with Crippen molar-refractivity contribution < 1.29 is 4.74 Å². The summed E-state index contributed by atoms with van der Waals surface area (Å²) in [4.78, 5) is 4.29. The van der Waals surface area contributed by atoms with Gasteiger partial charge in [-0.3, -0.25) is 4.98 Å². The van der Waals surface area contributed by atoms with E-state index in [1.807, 2.05) is 24.3 Å². The zero-order chi connectivity index (χ0) is 13.9. The highest BCUT2D eigenvalue weighted by Crippen LogP contribution is 2.27. The molecule has 1 heterocycles. The number of benzene rings is 2. The van der Waals surface area contributed by atoms with Crippen molar-refractivity contribution >= 4 is 28.2 Å². The molecular formula is C16H13ClN2O. The van der Waals surface area contributed by atoms with Gasteiger partial charge in [0, 0.05) is 23.3 Å². The summed E-state index contributed by atoms with van der Waals surface area (Å²) in [5.74, 6) is 0.595. The number of hydrogen-bond donors (Lipinski definition) is 1. The first-order valence-corrected chi connectivity index (χ1v) is 6.62. The summed E-state index contributed by atoms with van der Waals surface area (Å²) in [6.07, 6.45) is 1.78. The fraction of sp³-hybridized carbons (Fsp3) is 0.0625. The van der Waals surface area contributed by atoms with E-state index in [2.05, 4.69) is 11.1 Å². The topological polar surface area (TPSA) is 48.1 Å². The third-order valence-corrected chi connectivity index (χ3v) is 3.33. The Bertz CT molecular complexity index is 758. The van der Waals surface area contributed by atoms with E-state index in [0.717, 1.165) is 16.5 Å². The zero-order valence-electron chi connectivity index (χ0n) is 10.7. The van der Waals surface area contributed by atoms with Crippen molar-refractivity contribution in [3.8, 4) is 5.75 Å². The van der Waals surface area contributed by atoms with Gasteiger partial charge in [-0.05, 0) is 35.9 Å². The number of nitrogen functional groups attached to an aromatic ring is 1. The maximum Gasteiger partial charge on any atom is 0.140 e. The van der Waals surface area contributed by atoms with Gasteiger partial charge in [-0.15, -0.1) is 0 Å². The van der Waals surface area contributed by atoms with Crippen LogP contribution in [0.2, 0.25) is 5.02 Å². The van der Waals surface area contributed by atoms with Crippen molar-refractivity contribution in [1.82, 2.24) is 4.98 Å². The Labute approximate surface area is 122 Å². The number of halogens is 1. The maximum atomic E-state index is 6.07. The Morgan fingerprint density at radius 3 is 2.90 bits per heavy atom. The van der Waals surface area contributed by atoms with E-state index in [9.17, 15) is 0 Å². The van der Waals surface area contributed by atoms with Crippen LogP contribution >= 0.6 is 11.6 Å². The predicted molar refractivity (Wildman–Crippen MR) is 81.9 cm³/mol. The third kappa shape index (κ3) is 2.68. The smallest absolute Gasteiger partial charge is 0.140 e. The first-order valence-electron chi connectivity index (χ1n) is 6.24. The minimum atomic E-state index is 0.438. The van der Waals surface area contributed by atoms with Crippen LogP contribution in [0.1, 0.15) is 5.56 Å². The number of aromatic nitrogens is 1. The molecule has 100 valence electrons. The fourth-order valence-corrected chi connectivity index (χ4v) is 2.18. The molecule has 0 saturated carbocycles. The summed E-state index contributed by atoms with van der Waals surface area (Å²) in [5, 5.41) is 1.65. The normalized spacial score (nSPS) is 10.7. The average Bonchev–Trinajstić information content (AvgIpc) is 2.48. The quantitative estimate of drug-likeness (QED) is 0.738. The molecule has 0 aliphatic rings. The Morgan fingerprint density at radius 1 is 1.10 bits per heavy atom. The second kappa shape index (κ2) is 5.39. The van der Waals surface area contributed by atoms with Crippen LogP contribution in [-0.2, 0) is 6.61 Å². The van der Waals surface area contributed by atoms with E-state index in [1.54, 1.807) is 24.4 Å². The number of hydrogen-bond acceptors (Lipinski definition) is 3. The second-order valence-electron chi connectivity index (χ2n) is 4.51. The van der Waals surface area contributed by atoms with Gasteiger partial charge >= 0.3 is 0 Å². The summed E-state index contributed by atoms with van der Waals surface area (Å²) in [5.41, 5.74) is 8.39. The SMILES string of the molecule is Nc1ccc(Cl)c(OCc2ccc3ncccc3c2)c1. The van der Waals surface area contributed by atoms with Crippen molar-refractivity contribution in [2.75, 3.05) is 5.73 Å². The number of nitrogens with two attached hydrogens (primary N) is 1. The molecule has 3 rings (SSSR count). The molecule has 0 unspecified atom stereocenters. The Morgan fingerprint density at radius 2 is 2.00 bits per heavy atom. The largest absolute Gasteiger partial charge is 0.487 e. The van der Waals surface area contributed by atoms with Gasteiger partial charge in [0.2, 0.25) is 0 Å². The van der Waals surface area contributed by atoms with Crippen molar-refractivity contribution in [2.24, 2.45) is 0 Å². The second-order valence-corrected chi connectivity index (χ2v) is 4.92. The lowest BCUT2D eigenvalue weighted by molar-refractivity contribution is 0.307. The van der Waals surface area contributed by atoms with Gasteiger partial charge in [0.05, 0.1) is 10.5 Å². The molecule has 0 radical (unpaired) electrons. The summed E-state index contributed by atoms with van der Waals surface area (Å²) in [6.45, 7) is 0.438. The van der Waals surface area contributed by atoms with Crippen molar-refractivity contribution in [3.05, 3.63) is 65.3 Å².